The number of hydrogen-bond donors (Lipinski definition) is 2. The number of amides is 1. The number of nitrogens with zero attached hydrogens (tertiary/aromatic N) is 2. The molecule has 1 aromatic carbocycles. The molecular weight excluding hydrogens is 426 g/mol. The van der Waals surface area contributed by atoms with E-state index < -0.39 is 17.7 Å². The second-order valence-electron chi connectivity index (χ2n) is 7.59. The van der Waals surface area contributed by atoms with Gasteiger partial charge in [-0.15, -0.1) is 11.3 Å². The molecule has 1 unspecified atom stereocenters. The first-order valence-corrected chi connectivity index (χ1v) is 11.5. The maximum absolute atomic E-state index is 13.3. The summed E-state index contributed by atoms with van der Waals surface area (Å²) in [6.07, 6.45) is 7.14. The van der Waals surface area contributed by atoms with E-state index >= 15 is 0 Å². The lowest BCUT2D eigenvalue weighted by Crippen LogP contribution is -2.36. The van der Waals surface area contributed by atoms with Crippen LogP contribution in [-0.4, -0.2) is 39.8 Å². The van der Waals surface area contributed by atoms with Gasteiger partial charge < -0.3 is 14.7 Å². The van der Waals surface area contributed by atoms with Gasteiger partial charge in [-0.2, -0.15) is 0 Å². The van der Waals surface area contributed by atoms with Gasteiger partial charge in [0.05, 0.1) is 29.6 Å². The molecule has 0 saturated heterocycles. The monoisotopic (exact) mass is 452 g/mol. The third-order valence-electron chi connectivity index (χ3n) is 5.36. The van der Waals surface area contributed by atoms with Crippen LogP contribution in [0.1, 0.15) is 41.0 Å². The predicted molar refractivity (Wildman–Crippen MR) is 121 cm³/mol. The third-order valence-corrected chi connectivity index (χ3v) is 6.23. The van der Waals surface area contributed by atoms with Crippen molar-refractivity contribution >= 4 is 23.0 Å². The highest BCUT2D eigenvalue weighted by molar-refractivity contribution is 7.12. The van der Waals surface area contributed by atoms with Crippen LogP contribution in [0.4, 0.5) is 0 Å². The molecular formula is C24H26N3O4S+. The van der Waals surface area contributed by atoms with Crippen molar-refractivity contribution in [1.82, 2.24) is 9.88 Å². The minimum atomic E-state index is -0.668. The van der Waals surface area contributed by atoms with Crippen molar-refractivity contribution in [3.05, 3.63) is 82.3 Å². The Morgan fingerprint density at radius 1 is 1.31 bits per heavy atom. The van der Waals surface area contributed by atoms with Crippen LogP contribution in [0.5, 0.6) is 5.75 Å². The predicted octanol–water partition coefficient (Wildman–Crippen LogP) is 3.82. The average Bonchev–Trinajstić information content (AvgIpc) is 3.56. The van der Waals surface area contributed by atoms with E-state index in [4.69, 9.17) is 4.74 Å². The van der Waals surface area contributed by atoms with Gasteiger partial charge in [0.1, 0.15) is 18.1 Å². The van der Waals surface area contributed by atoms with E-state index in [0.29, 0.717) is 36.7 Å². The highest BCUT2D eigenvalue weighted by atomic mass is 32.1. The quantitative estimate of drug-likeness (QED) is 0.362. The van der Waals surface area contributed by atoms with Crippen molar-refractivity contribution in [2.75, 3.05) is 13.2 Å². The molecule has 1 aliphatic heterocycles. The summed E-state index contributed by atoms with van der Waals surface area (Å²) >= 11 is 1.29. The Morgan fingerprint density at radius 3 is 2.91 bits per heavy atom. The molecule has 0 spiro atoms. The second kappa shape index (κ2) is 9.82. The number of carbonyl (C=O) groups is 2. The van der Waals surface area contributed by atoms with E-state index in [0.717, 1.165) is 12.0 Å². The Kier molecular flexibility index (Phi) is 6.70. The molecule has 8 heteroatoms. The fourth-order valence-corrected chi connectivity index (χ4v) is 4.56. The van der Waals surface area contributed by atoms with Gasteiger partial charge in [-0.25, -0.2) is 4.57 Å². The van der Waals surface area contributed by atoms with Gasteiger partial charge in [0.15, 0.2) is 5.76 Å². The number of aliphatic hydroxyl groups is 1. The molecule has 3 heterocycles. The smallest absolute Gasteiger partial charge is 0.290 e. The van der Waals surface area contributed by atoms with Gasteiger partial charge in [0, 0.05) is 13.0 Å². The minimum absolute atomic E-state index is 0.124. The Balaban J connectivity index is 1.66. The van der Waals surface area contributed by atoms with Gasteiger partial charge >= 0.3 is 0 Å². The van der Waals surface area contributed by atoms with Crippen molar-refractivity contribution in [3.8, 4) is 5.75 Å². The van der Waals surface area contributed by atoms with E-state index in [2.05, 4.69) is 4.98 Å². The number of aryl methyl sites for hydroxylation is 1. The number of aromatic nitrogens is 2. The van der Waals surface area contributed by atoms with Crippen molar-refractivity contribution in [1.29, 1.82) is 0 Å². The number of hydrogen-bond acceptors (Lipinski definition) is 5. The highest BCUT2D eigenvalue weighted by Crippen LogP contribution is 2.40. The summed E-state index contributed by atoms with van der Waals surface area (Å²) in [7, 11) is 0. The molecule has 7 nitrogen and oxygen atoms in total. The van der Waals surface area contributed by atoms with Gasteiger partial charge in [0.25, 0.3) is 5.91 Å². The number of ketones is 1. The molecule has 3 aromatic rings. The zero-order valence-electron chi connectivity index (χ0n) is 17.9. The summed E-state index contributed by atoms with van der Waals surface area (Å²) in [6, 6.07) is 10.2. The molecule has 4 rings (SSSR count). The number of ether oxygens (including phenoxy) is 1. The van der Waals surface area contributed by atoms with Gasteiger partial charge in [-0.05, 0) is 35.6 Å². The number of Topliss-reactive ketones (excluding diaryl/α,β-unsaturated/α-hetero) is 1. The SMILES string of the molecule is CCCOc1cccc(C2C(C(=O)c3cccs3)=C(O)C(=O)N2CCC[n+]2cc[nH]c2)c1. The van der Waals surface area contributed by atoms with Crippen molar-refractivity contribution in [3.63, 3.8) is 0 Å². The molecule has 1 amide bonds. The fraction of sp³-hybridized carbons (Fsp3) is 0.292. The average molecular weight is 453 g/mol. The lowest BCUT2D eigenvalue weighted by atomic mass is 9.95. The first-order valence-electron chi connectivity index (χ1n) is 10.7. The molecule has 0 radical (unpaired) electrons. The van der Waals surface area contributed by atoms with Crippen LogP contribution in [0.3, 0.4) is 0 Å². The molecule has 0 aliphatic carbocycles. The van der Waals surface area contributed by atoms with Crippen LogP contribution < -0.4 is 9.30 Å². The molecule has 32 heavy (non-hydrogen) atoms. The topological polar surface area (TPSA) is 86.5 Å². The van der Waals surface area contributed by atoms with Crippen molar-refractivity contribution < 1.29 is 24.0 Å². The Labute approximate surface area is 190 Å². The summed E-state index contributed by atoms with van der Waals surface area (Å²) in [5, 5.41) is 12.6. The lowest BCUT2D eigenvalue weighted by Gasteiger charge is -2.27. The zero-order valence-corrected chi connectivity index (χ0v) is 18.7. The number of carbonyl (C=O) groups excluding carboxylic acids is 2. The van der Waals surface area contributed by atoms with Crippen LogP contribution in [0.2, 0.25) is 0 Å². The van der Waals surface area contributed by atoms with Crippen molar-refractivity contribution in [2.24, 2.45) is 0 Å². The van der Waals surface area contributed by atoms with E-state index in [9.17, 15) is 14.7 Å². The summed E-state index contributed by atoms with van der Waals surface area (Å²) in [6.45, 7) is 3.71. The van der Waals surface area contributed by atoms with E-state index in [1.165, 1.54) is 11.3 Å². The molecule has 166 valence electrons. The molecule has 0 saturated carbocycles. The summed E-state index contributed by atoms with van der Waals surface area (Å²) in [4.78, 5) is 31.4. The normalized spacial score (nSPS) is 16.1. The number of H-pyrrole nitrogens is 1. The van der Waals surface area contributed by atoms with Crippen LogP contribution in [-0.2, 0) is 11.3 Å². The number of aromatic amines is 1. The first kappa shape index (κ1) is 21.8. The summed E-state index contributed by atoms with van der Waals surface area (Å²) in [5.41, 5.74) is 0.865. The molecule has 0 bridgehead atoms. The summed E-state index contributed by atoms with van der Waals surface area (Å²) in [5.74, 6) is -0.636. The van der Waals surface area contributed by atoms with Gasteiger partial charge in [0.2, 0.25) is 12.1 Å². The van der Waals surface area contributed by atoms with Crippen LogP contribution in [0.25, 0.3) is 0 Å². The number of rotatable bonds is 10. The Morgan fingerprint density at radius 2 is 2.19 bits per heavy atom. The Hall–Kier alpha value is -3.39. The minimum Gasteiger partial charge on any atom is -0.503 e. The van der Waals surface area contributed by atoms with Gasteiger partial charge in [-0.1, -0.05) is 25.1 Å². The molecule has 1 aliphatic rings. The van der Waals surface area contributed by atoms with E-state index in [1.807, 2.05) is 59.9 Å². The number of nitrogens with one attached hydrogen (secondary N) is 1. The van der Waals surface area contributed by atoms with E-state index in [-0.39, 0.29) is 11.4 Å². The van der Waals surface area contributed by atoms with Crippen LogP contribution >= 0.6 is 11.3 Å². The third kappa shape index (κ3) is 4.45. The highest BCUT2D eigenvalue weighted by Gasteiger charge is 2.43. The lowest BCUT2D eigenvalue weighted by molar-refractivity contribution is -0.695. The molecule has 0 fully saturated rings. The van der Waals surface area contributed by atoms with Crippen LogP contribution in [0, 0.1) is 0 Å². The van der Waals surface area contributed by atoms with Gasteiger partial charge in [-0.3, -0.25) is 14.6 Å². The number of benzene rings is 1. The second-order valence-corrected chi connectivity index (χ2v) is 8.54. The fourth-order valence-electron chi connectivity index (χ4n) is 3.88. The standard InChI is InChI=1S/C24H25N3O4S/c1-2-13-31-18-7-3-6-17(15-18)21-20(22(28)19-8-4-14-32-19)23(29)24(30)27(21)11-5-10-26-12-9-25-16-26/h3-4,6-9,12,14-16,21H,2,5,10-11,13H2,1H3,(H,28,29)/p+1. The molecule has 2 aromatic heterocycles. The molecule has 1 atom stereocenters. The zero-order chi connectivity index (χ0) is 22.5. The number of aliphatic hydroxyl groups excluding tert-OH is 1. The number of imidazole rings is 1. The maximum atomic E-state index is 13.3. The Bertz CT molecular complexity index is 1110. The number of thiophene rings is 1. The molecule has 2 N–H and O–H groups in total. The largest absolute Gasteiger partial charge is 0.503 e. The summed E-state index contributed by atoms with van der Waals surface area (Å²) < 4.78 is 7.76. The van der Waals surface area contributed by atoms with Crippen LogP contribution in [0.15, 0.2) is 71.8 Å². The maximum Gasteiger partial charge on any atom is 0.290 e. The first-order chi connectivity index (χ1) is 15.6. The van der Waals surface area contributed by atoms with Crippen molar-refractivity contribution in [2.45, 2.75) is 32.4 Å². The van der Waals surface area contributed by atoms with E-state index in [1.54, 1.807) is 17.0 Å².